The van der Waals surface area contributed by atoms with E-state index in [2.05, 4.69) is 19.9 Å². The van der Waals surface area contributed by atoms with Gasteiger partial charge in [-0.25, -0.2) is 14.2 Å². The molecule has 140 valence electrons. The molecule has 8 nitrogen and oxygen atoms in total. The Hall–Kier alpha value is -3.23. The third-order valence-corrected chi connectivity index (χ3v) is 4.84. The molecule has 27 heavy (non-hydrogen) atoms. The van der Waals surface area contributed by atoms with Crippen molar-refractivity contribution in [2.75, 3.05) is 6.54 Å². The summed E-state index contributed by atoms with van der Waals surface area (Å²) < 4.78 is 13.4. The van der Waals surface area contributed by atoms with Gasteiger partial charge in [0, 0.05) is 18.3 Å². The summed E-state index contributed by atoms with van der Waals surface area (Å²) in [7, 11) is 0. The van der Waals surface area contributed by atoms with E-state index in [4.69, 9.17) is 0 Å². The number of carbonyl (C=O) groups is 1. The van der Waals surface area contributed by atoms with Gasteiger partial charge in [0.05, 0.1) is 23.5 Å². The van der Waals surface area contributed by atoms with E-state index in [0.717, 1.165) is 19.3 Å². The van der Waals surface area contributed by atoms with Gasteiger partial charge in [-0.15, -0.1) is 0 Å². The van der Waals surface area contributed by atoms with Gasteiger partial charge in [0.2, 0.25) is 5.91 Å². The largest absolute Gasteiger partial charge is 0.340 e. The average molecular weight is 371 g/mol. The van der Waals surface area contributed by atoms with Gasteiger partial charge in [-0.05, 0) is 37.5 Å². The van der Waals surface area contributed by atoms with Gasteiger partial charge in [0.25, 0.3) is 5.56 Å². The molecule has 0 saturated carbocycles. The van der Waals surface area contributed by atoms with Crippen LogP contribution in [0, 0.1) is 5.82 Å². The fourth-order valence-electron chi connectivity index (χ4n) is 3.51. The molecular formula is C18H18FN5O3. The van der Waals surface area contributed by atoms with Crippen LogP contribution in [0.3, 0.4) is 0 Å². The van der Waals surface area contributed by atoms with Gasteiger partial charge in [-0.1, -0.05) is 0 Å². The predicted octanol–water partition coefficient (Wildman–Crippen LogP) is 1.37. The molecule has 1 aliphatic rings. The number of amides is 1. The van der Waals surface area contributed by atoms with Crippen LogP contribution in [-0.2, 0) is 11.2 Å². The quantitative estimate of drug-likeness (QED) is 0.645. The van der Waals surface area contributed by atoms with Crippen LogP contribution in [-0.4, -0.2) is 37.3 Å². The molecule has 0 spiro atoms. The molecule has 1 atom stereocenters. The second kappa shape index (κ2) is 6.82. The standard InChI is InChI=1S/C18H18FN5O3/c19-11-4-5-12-13(8-11)22-16(21-12)14-3-1-2-6-24(14)15(25)7-10-9-20-18(27)23-17(10)26/h4-5,8-9,14H,1-3,6-7H2,(H,21,22)(H2,20,23,26,27)/t14-/m1/s1. The minimum absolute atomic E-state index is 0.114. The molecule has 4 rings (SSSR count). The fourth-order valence-corrected chi connectivity index (χ4v) is 3.51. The summed E-state index contributed by atoms with van der Waals surface area (Å²) in [6, 6.07) is 4.06. The Morgan fingerprint density at radius 2 is 2.11 bits per heavy atom. The lowest BCUT2D eigenvalue weighted by Crippen LogP contribution is -2.40. The Labute approximate surface area is 152 Å². The van der Waals surface area contributed by atoms with Crippen LogP contribution in [0.1, 0.15) is 36.7 Å². The van der Waals surface area contributed by atoms with Crippen molar-refractivity contribution in [2.24, 2.45) is 0 Å². The number of nitrogens with one attached hydrogen (secondary N) is 3. The Bertz CT molecular complexity index is 1120. The number of fused-ring (bicyclic) bond motifs is 1. The highest BCUT2D eigenvalue weighted by molar-refractivity contribution is 5.79. The predicted molar refractivity (Wildman–Crippen MR) is 95.7 cm³/mol. The Morgan fingerprint density at radius 1 is 1.26 bits per heavy atom. The molecule has 0 unspecified atom stereocenters. The number of likely N-dealkylation sites (tertiary alicyclic amines) is 1. The van der Waals surface area contributed by atoms with Crippen LogP contribution in [0.25, 0.3) is 11.0 Å². The van der Waals surface area contributed by atoms with Crippen molar-refractivity contribution in [3.8, 4) is 0 Å². The number of nitrogens with zero attached hydrogens (tertiary/aromatic N) is 2. The number of aromatic amines is 3. The second-order valence-corrected chi connectivity index (χ2v) is 6.66. The number of piperidine rings is 1. The SMILES string of the molecule is O=C(Cc1c[nH]c(=O)[nH]c1=O)N1CCCC[C@@H]1c1nc2ccc(F)cc2[nH]1. The number of imidazole rings is 1. The average Bonchev–Trinajstić information content (AvgIpc) is 3.07. The lowest BCUT2D eigenvalue weighted by molar-refractivity contribution is -0.134. The molecule has 1 aliphatic heterocycles. The summed E-state index contributed by atoms with van der Waals surface area (Å²) >= 11 is 0. The van der Waals surface area contributed by atoms with Crippen molar-refractivity contribution >= 4 is 16.9 Å². The first-order valence-electron chi connectivity index (χ1n) is 8.77. The molecular weight excluding hydrogens is 353 g/mol. The topological polar surface area (TPSA) is 115 Å². The van der Waals surface area contributed by atoms with Crippen LogP contribution >= 0.6 is 0 Å². The van der Waals surface area contributed by atoms with E-state index in [1.54, 1.807) is 11.0 Å². The molecule has 3 N–H and O–H groups in total. The van der Waals surface area contributed by atoms with Crippen LogP contribution in [0.15, 0.2) is 34.0 Å². The van der Waals surface area contributed by atoms with Crippen LogP contribution in [0.2, 0.25) is 0 Å². The summed E-state index contributed by atoms with van der Waals surface area (Å²) in [6.07, 6.45) is 3.69. The van der Waals surface area contributed by atoms with Gasteiger partial charge in [-0.2, -0.15) is 0 Å². The molecule has 1 amide bonds. The molecule has 1 aromatic carbocycles. The highest BCUT2D eigenvalue weighted by Gasteiger charge is 2.30. The monoisotopic (exact) mass is 371 g/mol. The Balaban J connectivity index is 1.62. The highest BCUT2D eigenvalue weighted by atomic mass is 19.1. The number of hydrogen-bond acceptors (Lipinski definition) is 4. The summed E-state index contributed by atoms with van der Waals surface area (Å²) in [4.78, 5) is 49.7. The van der Waals surface area contributed by atoms with Crippen molar-refractivity contribution in [1.82, 2.24) is 24.8 Å². The van der Waals surface area contributed by atoms with Crippen molar-refractivity contribution in [1.29, 1.82) is 0 Å². The van der Waals surface area contributed by atoms with E-state index in [9.17, 15) is 18.8 Å². The minimum atomic E-state index is -0.610. The number of H-pyrrole nitrogens is 3. The maximum atomic E-state index is 13.4. The first-order valence-corrected chi connectivity index (χ1v) is 8.77. The maximum Gasteiger partial charge on any atom is 0.325 e. The van der Waals surface area contributed by atoms with Crippen molar-refractivity contribution in [2.45, 2.75) is 31.7 Å². The third kappa shape index (κ3) is 3.40. The number of rotatable bonds is 3. The Morgan fingerprint density at radius 3 is 2.93 bits per heavy atom. The zero-order valence-electron chi connectivity index (χ0n) is 14.4. The molecule has 3 aromatic rings. The molecule has 0 aliphatic carbocycles. The molecule has 0 radical (unpaired) electrons. The smallest absolute Gasteiger partial charge is 0.325 e. The van der Waals surface area contributed by atoms with E-state index < -0.39 is 11.2 Å². The fraction of sp³-hybridized carbons (Fsp3) is 0.333. The van der Waals surface area contributed by atoms with E-state index in [1.165, 1.54) is 18.3 Å². The van der Waals surface area contributed by atoms with Gasteiger partial charge in [-0.3, -0.25) is 14.6 Å². The first kappa shape index (κ1) is 17.2. The zero-order valence-corrected chi connectivity index (χ0v) is 14.4. The van der Waals surface area contributed by atoms with E-state index >= 15 is 0 Å². The first-order chi connectivity index (χ1) is 13.0. The second-order valence-electron chi connectivity index (χ2n) is 6.66. The number of halogens is 1. The van der Waals surface area contributed by atoms with Gasteiger partial charge >= 0.3 is 5.69 Å². The summed E-state index contributed by atoms with van der Waals surface area (Å²) in [5.41, 5.74) is 0.249. The maximum absolute atomic E-state index is 13.4. The number of carbonyl (C=O) groups excluding carboxylic acids is 1. The van der Waals surface area contributed by atoms with Crippen molar-refractivity contribution in [3.63, 3.8) is 0 Å². The molecule has 0 bridgehead atoms. The number of aromatic nitrogens is 4. The summed E-state index contributed by atoms with van der Waals surface area (Å²) in [6.45, 7) is 0.552. The molecule has 3 heterocycles. The van der Waals surface area contributed by atoms with Crippen LogP contribution < -0.4 is 11.2 Å². The van der Waals surface area contributed by atoms with Crippen LogP contribution in [0.4, 0.5) is 4.39 Å². The molecule has 1 saturated heterocycles. The number of benzene rings is 1. The van der Waals surface area contributed by atoms with Crippen LogP contribution in [0.5, 0.6) is 0 Å². The summed E-state index contributed by atoms with van der Waals surface area (Å²) in [5, 5.41) is 0. The Kier molecular flexibility index (Phi) is 4.35. The summed E-state index contributed by atoms with van der Waals surface area (Å²) in [5.74, 6) is 0.0366. The van der Waals surface area contributed by atoms with E-state index in [-0.39, 0.29) is 29.8 Å². The van der Waals surface area contributed by atoms with E-state index in [0.29, 0.717) is 23.4 Å². The lowest BCUT2D eigenvalue weighted by Gasteiger charge is -2.34. The van der Waals surface area contributed by atoms with Crippen molar-refractivity contribution in [3.05, 3.63) is 62.4 Å². The number of hydrogen-bond donors (Lipinski definition) is 3. The molecule has 9 heteroatoms. The third-order valence-electron chi connectivity index (χ3n) is 4.84. The van der Waals surface area contributed by atoms with E-state index in [1.807, 2.05) is 0 Å². The molecule has 2 aromatic heterocycles. The molecule has 1 fully saturated rings. The lowest BCUT2D eigenvalue weighted by atomic mass is 10.0. The minimum Gasteiger partial charge on any atom is -0.340 e. The van der Waals surface area contributed by atoms with Gasteiger partial charge in [0.15, 0.2) is 0 Å². The van der Waals surface area contributed by atoms with Crippen molar-refractivity contribution < 1.29 is 9.18 Å². The zero-order chi connectivity index (χ0) is 19.0. The highest BCUT2D eigenvalue weighted by Crippen LogP contribution is 2.31. The normalized spacial score (nSPS) is 17.4. The van der Waals surface area contributed by atoms with Gasteiger partial charge in [0.1, 0.15) is 11.6 Å². The van der Waals surface area contributed by atoms with Gasteiger partial charge < -0.3 is 14.9 Å².